The Kier molecular flexibility index (Phi) is 7.86. The van der Waals surface area contributed by atoms with E-state index in [4.69, 9.17) is 0 Å². The Hall–Kier alpha value is -3.60. The van der Waals surface area contributed by atoms with E-state index in [2.05, 4.69) is 36.6 Å². The molecule has 35 heavy (non-hydrogen) atoms. The molecule has 0 fully saturated rings. The Morgan fingerprint density at radius 1 is 0.886 bits per heavy atom. The molecule has 4 rings (SSSR count). The van der Waals surface area contributed by atoms with Gasteiger partial charge in [-0.2, -0.15) is 0 Å². The van der Waals surface area contributed by atoms with E-state index in [0.29, 0.717) is 18.0 Å². The van der Waals surface area contributed by atoms with Gasteiger partial charge in [0, 0.05) is 35.0 Å². The van der Waals surface area contributed by atoms with Gasteiger partial charge in [-0.15, -0.1) is 0 Å². The molecule has 5 heteroatoms. The largest absolute Gasteiger partial charge is 0.361 e. The van der Waals surface area contributed by atoms with Crippen LogP contribution >= 0.6 is 0 Å². The second kappa shape index (κ2) is 11.2. The zero-order valence-electron chi connectivity index (χ0n) is 20.8. The minimum Gasteiger partial charge on any atom is -0.361 e. The summed E-state index contributed by atoms with van der Waals surface area (Å²) in [7, 11) is 0. The van der Waals surface area contributed by atoms with Crippen LogP contribution < -0.4 is 10.6 Å². The quantitative estimate of drug-likeness (QED) is 0.380. The fraction of sp³-hybridized carbons (Fsp3) is 0.333. The minimum atomic E-state index is -0.213. The highest BCUT2D eigenvalue weighted by Gasteiger charge is 2.36. The molecule has 3 aromatic carbocycles. The zero-order chi connectivity index (χ0) is 24.8. The number of nitrogens with one attached hydrogen (secondary N) is 2. The summed E-state index contributed by atoms with van der Waals surface area (Å²) < 4.78 is 0. The molecule has 0 radical (unpaired) electrons. The lowest BCUT2D eigenvalue weighted by Gasteiger charge is -2.28. The maximum atomic E-state index is 13.0. The molecule has 5 nitrogen and oxygen atoms in total. The SMILES string of the molecule is CC(C)CCN1C(=O)c2ccccc2C1Nc1ccc(C(=O)NC(C)CCc2ccccc2)cc1. The number of amides is 2. The standard InChI is InChI=1S/C30H35N3O2/c1-21(2)19-20-33-28(26-11-7-8-12-27(26)30(33)35)32-25-17-15-24(16-18-25)29(34)31-22(3)13-14-23-9-5-4-6-10-23/h4-12,15-18,21-22,28,32H,13-14,19-20H2,1-3H3,(H,31,34). The van der Waals surface area contributed by atoms with Crippen LogP contribution in [0.25, 0.3) is 0 Å². The molecule has 0 spiro atoms. The van der Waals surface area contributed by atoms with Crippen molar-refractivity contribution in [3.05, 3.63) is 101 Å². The van der Waals surface area contributed by atoms with Crippen molar-refractivity contribution < 1.29 is 9.59 Å². The Balaban J connectivity index is 1.38. The summed E-state index contributed by atoms with van der Waals surface area (Å²) in [5.41, 5.74) is 4.53. The first-order valence-corrected chi connectivity index (χ1v) is 12.5. The van der Waals surface area contributed by atoms with Gasteiger partial charge in [-0.1, -0.05) is 62.4 Å². The summed E-state index contributed by atoms with van der Waals surface area (Å²) in [5.74, 6) is 0.511. The molecule has 0 saturated carbocycles. The highest BCUT2D eigenvalue weighted by atomic mass is 16.2. The molecule has 1 aliphatic rings. The lowest BCUT2D eigenvalue weighted by atomic mass is 10.1. The number of rotatable bonds is 10. The zero-order valence-corrected chi connectivity index (χ0v) is 20.8. The van der Waals surface area contributed by atoms with Crippen molar-refractivity contribution in [3.8, 4) is 0 Å². The van der Waals surface area contributed by atoms with Crippen LogP contribution in [0.2, 0.25) is 0 Å². The first kappa shape index (κ1) is 24.5. The normalized spacial score (nSPS) is 15.7. The Morgan fingerprint density at radius 3 is 2.29 bits per heavy atom. The summed E-state index contributed by atoms with van der Waals surface area (Å²) in [6.45, 7) is 7.08. The third kappa shape index (κ3) is 6.10. The second-order valence-electron chi connectivity index (χ2n) is 9.79. The van der Waals surface area contributed by atoms with Crippen LogP contribution in [0.1, 0.15) is 71.6 Å². The summed E-state index contributed by atoms with van der Waals surface area (Å²) in [4.78, 5) is 27.7. The molecule has 1 heterocycles. The van der Waals surface area contributed by atoms with Gasteiger partial charge in [-0.05, 0) is 68.0 Å². The van der Waals surface area contributed by atoms with E-state index in [-0.39, 0.29) is 24.0 Å². The fourth-order valence-corrected chi connectivity index (χ4v) is 4.44. The lowest BCUT2D eigenvalue weighted by Crippen LogP contribution is -2.34. The van der Waals surface area contributed by atoms with Crippen molar-refractivity contribution in [2.24, 2.45) is 5.92 Å². The van der Waals surface area contributed by atoms with Crippen molar-refractivity contribution in [1.29, 1.82) is 0 Å². The first-order valence-electron chi connectivity index (χ1n) is 12.5. The average Bonchev–Trinajstić information content (AvgIpc) is 3.13. The molecule has 0 bridgehead atoms. The maximum Gasteiger partial charge on any atom is 0.256 e. The third-order valence-electron chi connectivity index (χ3n) is 6.54. The average molecular weight is 470 g/mol. The number of fused-ring (bicyclic) bond motifs is 1. The van der Waals surface area contributed by atoms with Crippen molar-refractivity contribution in [2.45, 2.75) is 52.2 Å². The predicted octanol–water partition coefficient (Wildman–Crippen LogP) is 6.05. The van der Waals surface area contributed by atoms with Crippen molar-refractivity contribution in [1.82, 2.24) is 10.2 Å². The van der Waals surface area contributed by atoms with Gasteiger partial charge in [-0.25, -0.2) is 0 Å². The number of benzene rings is 3. The first-order chi connectivity index (χ1) is 16.9. The van der Waals surface area contributed by atoms with Crippen LogP contribution in [0.5, 0.6) is 0 Å². The van der Waals surface area contributed by atoms with Gasteiger partial charge in [0.15, 0.2) is 0 Å². The van der Waals surface area contributed by atoms with Crippen LogP contribution in [-0.4, -0.2) is 29.3 Å². The summed E-state index contributed by atoms with van der Waals surface area (Å²) in [6.07, 6.45) is 2.55. The van der Waals surface area contributed by atoms with Gasteiger partial charge in [0.25, 0.3) is 11.8 Å². The number of nitrogens with zero attached hydrogens (tertiary/aromatic N) is 1. The van der Waals surface area contributed by atoms with Gasteiger partial charge < -0.3 is 15.5 Å². The van der Waals surface area contributed by atoms with Gasteiger partial charge in [0.05, 0.1) is 0 Å². The lowest BCUT2D eigenvalue weighted by molar-refractivity contribution is 0.0734. The maximum absolute atomic E-state index is 13.0. The number of anilines is 1. The van der Waals surface area contributed by atoms with E-state index >= 15 is 0 Å². The third-order valence-corrected chi connectivity index (χ3v) is 6.54. The minimum absolute atomic E-state index is 0.0687. The predicted molar refractivity (Wildman–Crippen MR) is 141 cm³/mol. The van der Waals surface area contributed by atoms with Gasteiger partial charge in [0.1, 0.15) is 6.17 Å². The Morgan fingerprint density at radius 2 is 1.57 bits per heavy atom. The van der Waals surface area contributed by atoms with Crippen molar-refractivity contribution in [2.75, 3.05) is 11.9 Å². The topological polar surface area (TPSA) is 61.4 Å². The molecule has 182 valence electrons. The molecular formula is C30H35N3O2. The summed E-state index contributed by atoms with van der Waals surface area (Å²) in [5, 5.41) is 6.62. The molecule has 2 atom stereocenters. The van der Waals surface area contributed by atoms with Crippen LogP contribution in [0, 0.1) is 5.92 Å². The Bertz CT molecular complexity index is 1140. The van der Waals surface area contributed by atoms with Gasteiger partial charge in [0.2, 0.25) is 0 Å². The number of carbonyl (C=O) groups excluding carboxylic acids is 2. The van der Waals surface area contributed by atoms with E-state index in [0.717, 1.165) is 36.1 Å². The molecule has 3 aromatic rings. The van der Waals surface area contributed by atoms with E-state index in [1.54, 1.807) is 0 Å². The molecule has 2 unspecified atom stereocenters. The van der Waals surface area contributed by atoms with Crippen LogP contribution in [-0.2, 0) is 6.42 Å². The number of hydrogen-bond acceptors (Lipinski definition) is 3. The smallest absolute Gasteiger partial charge is 0.256 e. The molecule has 2 amide bonds. The van der Waals surface area contributed by atoms with Crippen molar-refractivity contribution >= 4 is 17.5 Å². The van der Waals surface area contributed by atoms with Crippen LogP contribution in [0.4, 0.5) is 5.69 Å². The van der Waals surface area contributed by atoms with Crippen molar-refractivity contribution in [3.63, 3.8) is 0 Å². The van der Waals surface area contributed by atoms with Gasteiger partial charge in [-0.3, -0.25) is 9.59 Å². The monoisotopic (exact) mass is 469 g/mol. The highest BCUT2D eigenvalue weighted by Crippen LogP contribution is 2.34. The molecular weight excluding hydrogens is 434 g/mol. The second-order valence-corrected chi connectivity index (χ2v) is 9.79. The van der Waals surface area contributed by atoms with E-state index in [9.17, 15) is 9.59 Å². The van der Waals surface area contributed by atoms with Crippen LogP contribution in [0.15, 0.2) is 78.9 Å². The van der Waals surface area contributed by atoms with E-state index in [1.807, 2.05) is 78.6 Å². The fourth-order valence-electron chi connectivity index (χ4n) is 4.44. The van der Waals surface area contributed by atoms with E-state index in [1.165, 1.54) is 5.56 Å². The molecule has 0 aliphatic carbocycles. The molecule has 0 saturated heterocycles. The summed E-state index contributed by atoms with van der Waals surface area (Å²) >= 11 is 0. The molecule has 0 aromatic heterocycles. The summed E-state index contributed by atoms with van der Waals surface area (Å²) in [6, 6.07) is 25.7. The van der Waals surface area contributed by atoms with Crippen LogP contribution in [0.3, 0.4) is 0 Å². The molecule has 2 N–H and O–H groups in total. The Labute approximate surface area is 208 Å². The highest BCUT2D eigenvalue weighted by molar-refractivity contribution is 5.99. The van der Waals surface area contributed by atoms with E-state index < -0.39 is 0 Å². The number of hydrogen-bond donors (Lipinski definition) is 2. The molecule has 1 aliphatic heterocycles. The number of carbonyl (C=O) groups is 2. The van der Waals surface area contributed by atoms with Gasteiger partial charge >= 0.3 is 0 Å². The number of aryl methyl sites for hydroxylation is 1.